The van der Waals surface area contributed by atoms with Gasteiger partial charge in [-0.25, -0.2) is 9.98 Å². The van der Waals surface area contributed by atoms with Crippen LogP contribution in [-0.4, -0.2) is 16.2 Å². The molecule has 1 unspecified atom stereocenters. The lowest BCUT2D eigenvalue weighted by Gasteiger charge is -2.23. The highest BCUT2D eigenvalue weighted by Gasteiger charge is 2.23. The second-order valence-electron chi connectivity index (χ2n) is 14.6. The normalized spacial score (nSPS) is 14.5. The topological polar surface area (TPSA) is 54.8 Å². The minimum atomic E-state index is -0.270. The van der Waals surface area contributed by atoms with Crippen molar-refractivity contribution in [3.63, 3.8) is 0 Å². The second kappa shape index (κ2) is 12.6. The fourth-order valence-electron chi connectivity index (χ4n) is 8.60. The van der Waals surface area contributed by atoms with Gasteiger partial charge in [-0.2, -0.15) is 0 Å². The number of thiophene rings is 1. The van der Waals surface area contributed by atoms with Crippen molar-refractivity contribution in [3.05, 3.63) is 199 Å². The summed E-state index contributed by atoms with van der Waals surface area (Å²) in [6.07, 6.45) is -0.270. The second-order valence-corrected chi connectivity index (χ2v) is 15.6. The Kier molecular flexibility index (Phi) is 7.09. The van der Waals surface area contributed by atoms with Crippen LogP contribution < -0.4 is 5.32 Å². The fourth-order valence-corrected chi connectivity index (χ4v) is 9.79. The van der Waals surface area contributed by atoms with Gasteiger partial charge < -0.3 is 14.3 Å². The molecule has 0 saturated carbocycles. The summed E-state index contributed by atoms with van der Waals surface area (Å²) in [6.45, 7) is 0. The number of fused-ring (bicyclic) bond motifs is 9. The molecule has 0 bridgehead atoms. The molecule has 1 aliphatic heterocycles. The van der Waals surface area contributed by atoms with Crippen molar-refractivity contribution in [1.82, 2.24) is 9.88 Å². The molecule has 3 aromatic heterocycles. The molecule has 0 amide bonds. The van der Waals surface area contributed by atoms with Crippen LogP contribution in [0.5, 0.6) is 0 Å². The molecule has 0 saturated heterocycles. The third-order valence-corrected chi connectivity index (χ3v) is 12.5. The zero-order chi connectivity index (χ0) is 37.5. The van der Waals surface area contributed by atoms with Crippen molar-refractivity contribution in [2.45, 2.75) is 6.17 Å². The summed E-state index contributed by atoms with van der Waals surface area (Å²) in [6, 6.07) is 64.3. The SMILES string of the molecule is c1ccc(C2=NC(c3ccc4c(c3)oc3c(-c5ccc6sc7c(-n8c9ccccc9c9ccccc98)cccc7c6c5)cccc34)=NC(c3ccccc3)N2)cc1. The minimum absolute atomic E-state index is 0.270. The van der Waals surface area contributed by atoms with E-state index in [1.54, 1.807) is 0 Å². The predicted octanol–water partition coefficient (Wildman–Crippen LogP) is 13.2. The van der Waals surface area contributed by atoms with Gasteiger partial charge in [0.2, 0.25) is 0 Å². The first kappa shape index (κ1) is 32.0. The summed E-state index contributed by atoms with van der Waals surface area (Å²) < 4.78 is 11.8. The van der Waals surface area contributed by atoms with E-state index < -0.39 is 0 Å². The molecular weight excluding hydrogens is 717 g/mol. The third-order valence-electron chi connectivity index (χ3n) is 11.3. The van der Waals surface area contributed by atoms with Crippen LogP contribution in [0.15, 0.2) is 196 Å². The summed E-state index contributed by atoms with van der Waals surface area (Å²) in [5.41, 5.74) is 10.5. The first-order valence-electron chi connectivity index (χ1n) is 19.2. The van der Waals surface area contributed by atoms with Crippen molar-refractivity contribution in [2.75, 3.05) is 0 Å². The summed E-state index contributed by atoms with van der Waals surface area (Å²) in [7, 11) is 0. The van der Waals surface area contributed by atoms with Gasteiger partial charge in [-0.05, 0) is 53.6 Å². The van der Waals surface area contributed by atoms with E-state index >= 15 is 0 Å². The number of hydrogen-bond acceptors (Lipinski definition) is 5. The molecule has 6 heteroatoms. The van der Waals surface area contributed by atoms with Crippen LogP contribution in [-0.2, 0) is 0 Å². The Balaban J connectivity index is 0.976. The molecule has 11 aromatic rings. The van der Waals surface area contributed by atoms with Gasteiger partial charge in [-0.1, -0.05) is 140 Å². The van der Waals surface area contributed by atoms with E-state index in [1.807, 2.05) is 47.7 Å². The highest BCUT2D eigenvalue weighted by Crippen LogP contribution is 2.43. The van der Waals surface area contributed by atoms with E-state index in [1.165, 1.54) is 47.7 Å². The lowest BCUT2D eigenvalue weighted by molar-refractivity contribution is 0.668. The molecular formula is C51H32N4OS. The molecule has 268 valence electrons. The Bertz CT molecular complexity index is 3390. The molecule has 5 nitrogen and oxygen atoms in total. The number of benzene rings is 8. The van der Waals surface area contributed by atoms with Crippen molar-refractivity contribution in [1.29, 1.82) is 0 Å². The number of nitrogens with one attached hydrogen (secondary N) is 1. The average molecular weight is 749 g/mol. The van der Waals surface area contributed by atoms with Crippen molar-refractivity contribution in [2.24, 2.45) is 9.98 Å². The van der Waals surface area contributed by atoms with Crippen LogP contribution in [0.25, 0.3) is 80.7 Å². The first-order chi connectivity index (χ1) is 28.2. The minimum Gasteiger partial charge on any atom is -0.455 e. The number of aromatic nitrogens is 1. The van der Waals surface area contributed by atoms with Gasteiger partial charge in [0.05, 0.1) is 21.4 Å². The Hall–Kier alpha value is -7.28. The molecule has 12 rings (SSSR count). The Morgan fingerprint density at radius 3 is 2.02 bits per heavy atom. The van der Waals surface area contributed by atoms with E-state index in [4.69, 9.17) is 14.4 Å². The lowest BCUT2D eigenvalue weighted by atomic mass is 10.00. The van der Waals surface area contributed by atoms with E-state index in [9.17, 15) is 0 Å². The molecule has 8 aromatic carbocycles. The molecule has 0 aliphatic carbocycles. The number of aliphatic imine (C=N–C) groups is 2. The smallest absolute Gasteiger partial charge is 0.159 e. The summed E-state index contributed by atoms with van der Waals surface area (Å²) in [5.74, 6) is 1.46. The maximum absolute atomic E-state index is 6.80. The van der Waals surface area contributed by atoms with Crippen LogP contribution in [0.2, 0.25) is 0 Å². The van der Waals surface area contributed by atoms with Crippen LogP contribution in [0.3, 0.4) is 0 Å². The number of furan rings is 1. The number of hydrogen-bond donors (Lipinski definition) is 1. The first-order valence-corrected chi connectivity index (χ1v) is 20.0. The molecule has 0 fully saturated rings. The van der Waals surface area contributed by atoms with E-state index in [0.29, 0.717) is 5.84 Å². The van der Waals surface area contributed by atoms with Gasteiger partial charge in [-0.15, -0.1) is 11.3 Å². The standard InChI is InChI=1S/C51H32N4OS/c1-3-13-31(14-4-1)49-52-50(32-15-5-2-6-16-32)54-51(53-49)34-25-27-38-39-20-11-19-35(47(39)56-45(38)30-34)33-26-28-46-41(29-33)40-21-12-24-44(48(40)57-46)55-42-22-9-7-17-36(42)37-18-8-10-23-43(37)55/h1-30,49H,(H,52,53,54). The molecule has 0 radical (unpaired) electrons. The van der Waals surface area contributed by atoms with Gasteiger partial charge in [-0.3, -0.25) is 0 Å². The van der Waals surface area contributed by atoms with E-state index in [0.717, 1.165) is 55.6 Å². The van der Waals surface area contributed by atoms with E-state index in [2.05, 4.69) is 155 Å². The number of rotatable bonds is 5. The number of amidine groups is 2. The maximum atomic E-state index is 6.80. The Morgan fingerprint density at radius 2 is 1.21 bits per heavy atom. The lowest BCUT2D eigenvalue weighted by Crippen LogP contribution is -2.33. The summed E-state index contributed by atoms with van der Waals surface area (Å²) in [5, 5.41) is 10.7. The van der Waals surface area contributed by atoms with Gasteiger partial charge in [0.15, 0.2) is 5.84 Å². The van der Waals surface area contributed by atoms with E-state index in [-0.39, 0.29) is 6.17 Å². The van der Waals surface area contributed by atoms with Gasteiger partial charge in [0.1, 0.15) is 23.2 Å². The van der Waals surface area contributed by atoms with Gasteiger partial charge >= 0.3 is 0 Å². The van der Waals surface area contributed by atoms with Crippen LogP contribution >= 0.6 is 11.3 Å². The number of nitrogens with zero attached hydrogens (tertiary/aromatic N) is 3. The third kappa shape index (κ3) is 5.08. The van der Waals surface area contributed by atoms with Crippen LogP contribution in [0, 0.1) is 0 Å². The Morgan fingerprint density at radius 1 is 0.526 bits per heavy atom. The highest BCUT2D eigenvalue weighted by molar-refractivity contribution is 7.26. The van der Waals surface area contributed by atoms with Crippen molar-refractivity contribution in [3.8, 4) is 16.8 Å². The van der Waals surface area contributed by atoms with Crippen molar-refractivity contribution >= 4 is 86.9 Å². The zero-order valence-electron chi connectivity index (χ0n) is 30.6. The molecule has 1 N–H and O–H groups in total. The molecule has 1 atom stereocenters. The number of para-hydroxylation sites is 3. The van der Waals surface area contributed by atoms with Crippen LogP contribution in [0.1, 0.15) is 22.9 Å². The highest BCUT2D eigenvalue weighted by atomic mass is 32.1. The van der Waals surface area contributed by atoms with Gasteiger partial charge in [0, 0.05) is 53.7 Å². The zero-order valence-corrected chi connectivity index (χ0v) is 31.4. The molecule has 4 heterocycles. The maximum Gasteiger partial charge on any atom is 0.159 e. The quantitative estimate of drug-likeness (QED) is 0.191. The van der Waals surface area contributed by atoms with Crippen molar-refractivity contribution < 1.29 is 4.42 Å². The van der Waals surface area contributed by atoms with Gasteiger partial charge in [0.25, 0.3) is 0 Å². The molecule has 57 heavy (non-hydrogen) atoms. The molecule has 1 aliphatic rings. The average Bonchev–Trinajstić information content (AvgIpc) is 3.96. The fraction of sp³-hybridized carbons (Fsp3) is 0.0196. The monoisotopic (exact) mass is 748 g/mol. The molecule has 0 spiro atoms. The largest absolute Gasteiger partial charge is 0.455 e. The predicted molar refractivity (Wildman–Crippen MR) is 238 cm³/mol. The summed E-state index contributed by atoms with van der Waals surface area (Å²) >= 11 is 1.86. The van der Waals surface area contributed by atoms with Crippen LogP contribution in [0.4, 0.5) is 0 Å². The summed E-state index contributed by atoms with van der Waals surface area (Å²) in [4.78, 5) is 10.1. The Labute approximate surface area is 331 Å².